The molecule has 0 spiro atoms. The molecule has 1 aromatic carbocycles. The van der Waals surface area contributed by atoms with Gasteiger partial charge < -0.3 is 10.2 Å². The summed E-state index contributed by atoms with van der Waals surface area (Å²) in [5.41, 5.74) is 1.14. The van der Waals surface area contributed by atoms with Crippen LogP contribution in [0.5, 0.6) is 0 Å². The SMILES string of the molecule is c1ccc2sc(N3CCCC(NC4CCSCC4)C3)nc2c1. The van der Waals surface area contributed by atoms with Gasteiger partial charge in [0.25, 0.3) is 0 Å². The van der Waals surface area contributed by atoms with Crippen LogP contribution in [0.3, 0.4) is 0 Å². The Labute approximate surface area is 140 Å². The van der Waals surface area contributed by atoms with Gasteiger partial charge in [-0.25, -0.2) is 4.98 Å². The summed E-state index contributed by atoms with van der Waals surface area (Å²) in [5.74, 6) is 2.65. The van der Waals surface area contributed by atoms with E-state index in [1.165, 1.54) is 47.0 Å². The van der Waals surface area contributed by atoms with Crippen LogP contribution in [-0.4, -0.2) is 41.7 Å². The van der Waals surface area contributed by atoms with Crippen LogP contribution in [0.2, 0.25) is 0 Å². The van der Waals surface area contributed by atoms with Crippen molar-refractivity contribution in [2.45, 2.75) is 37.8 Å². The Morgan fingerprint density at radius 3 is 2.82 bits per heavy atom. The van der Waals surface area contributed by atoms with Crippen LogP contribution in [0.15, 0.2) is 24.3 Å². The molecule has 2 aliphatic rings. The molecule has 1 atom stereocenters. The van der Waals surface area contributed by atoms with Crippen molar-refractivity contribution in [1.82, 2.24) is 10.3 Å². The molecule has 1 N–H and O–H groups in total. The van der Waals surface area contributed by atoms with E-state index in [4.69, 9.17) is 4.98 Å². The first-order valence-corrected chi connectivity index (χ1v) is 10.3. The Hall–Kier alpha value is -0.780. The van der Waals surface area contributed by atoms with Crippen molar-refractivity contribution in [3.63, 3.8) is 0 Å². The van der Waals surface area contributed by atoms with Crippen LogP contribution in [-0.2, 0) is 0 Å². The molecule has 118 valence electrons. The van der Waals surface area contributed by atoms with Gasteiger partial charge in [-0.1, -0.05) is 23.5 Å². The van der Waals surface area contributed by atoms with E-state index in [9.17, 15) is 0 Å². The average Bonchev–Trinajstić information content (AvgIpc) is 3.00. The fraction of sp³-hybridized carbons (Fsp3) is 0.588. The molecule has 0 bridgehead atoms. The monoisotopic (exact) mass is 333 g/mol. The average molecular weight is 334 g/mol. The van der Waals surface area contributed by atoms with Crippen molar-refractivity contribution >= 4 is 38.4 Å². The highest BCUT2D eigenvalue weighted by atomic mass is 32.2. The Morgan fingerprint density at radius 1 is 1.09 bits per heavy atom. The highest BCUT2D eigenvalue weighted by Gasteiger charge is 2.25. The third-order valence-corrected chi connectivity index (χ3v) is 6.81. The molecule has 2 saturated heterocycles. The Bertz CT molecular complexity index is 588. The van der Waals surface area contributed by atoms with Crippen LogP contribution in [0, 0.1) is 0 Å². The van der Waals surface area contributed by atoms with Gasteiger partial charge in [-0.05, 0) is 49.3 Å². The second-order valence-corrected chi connectivity index (χ2v) is 8.54. The van der Waals surface area contributed by atoms with E-state index < -0.39 is 0 Å². The molecule has 2 aliphatic heterocycles. The van der Waals surface area contributed by atoms with Gasteiger partial charge in [-0.15, -0.1) is 0 Å². The molecule has 5 heteroatoms. The van der Waals surface area contributed by atoms with Gasteiger partial charge in [-0.3, -0.25) is 0 Å². The zero-order valence-electron chi connectivity index (χ0n) is 12.8. The molecule has 0 saturated carbocycles. The number of rotatable bonds is 3. The fourth-order valence-electron chi connectivity index (χ4n) is 3.48. The van der Waals surface area contributed by atoms with Gasteiger partial charge in [0.05, 0.1) is 10.2 Å². The van der Waals surface area contributed by atoms with Crippen molar-refractivity contribution in [1.29, 1.82) is 0 Å². The first kappa shape index (κ1) is 14.8. The Morgan fingerprint density at radius 2 is 1.95 bits per heavy atom. The molecule has 22 heavy (non-hydrogen) atoms. The number of thiazole rings is 1. The molecule has 3 nitrogen and oxygen atoms in total. The van der Waals surface area contributed by atoms with E-state index in [1.807, 2.05) is 11.3 Å². The molecular formula is C17H23N3S2. The summed E-state index contributed by atoms with van der Waals surface area (Å²) < 4.78 is 1.30. The molecule has 4 rings (SSSR count). The smallest absolute Gasteiger partial charge is 0.186 e. The second kappa shape index (κ2) is 6.77. The zero-order valence-corrected chi connectivity index (χ0v) is 14.5. The van der Waals surface area contributed by atoms with Crippen LogP contribution < -0.4 is 10.2 Å². The molecule has 0 amide bonds. The molecule has 3 heterocycles. The van der Waals surface area contributed by atoms with Gasteiger partial charge >= 0.3 is 0 Å². The molecular weight excluding hydrogens is 310 g/mol. The molecule has 2 fully saturated rings. The number of fused-ring (bicyclic) bond motifs is 1. The molecule has 2 aromatic rings. The van der Waals surface area contributed by atoms with Crippen LogP contribution in [0.4, 0.5) is 5.13 Å². The van der Waals surface area contributed by atoms with Gasteiger partial charge in [0, 0.05) is 25.2 Å². The number of para-hydroxylation sites is 1. The molecule has 1 aromatic heterocycles. The first-order valence-electron chi connectivity index (χ1n) is 8.33. The van der Waals surface area contributed by atoms with Crippen molar-refractivity contribution < 1.29 is 0 Å². The molecule has 0 aliphatic carbocycles. The van der Waals surface area contributed by atoms with E-state index in [1.54, 1.807) is 0 Å². The lowest BCUT2D eigenvalue weighted by Gasteiger charge is -2.36. The summed E-state index contributed by atoms with van der Waals surface area (Å²) in [6.45, 7) is 2.27. The van der Waals surface area contributed by atoms with Crippen molar-refractivity contribution in [3.8, 4) is 0 Å². The Balaban J connectivity index is 1.43. The van der Waals surface area contributed by atoms with E-state index in [0.29, 0.717) is 6.04 Å². The van der Waals surface area contributed by atoms with Gasteiger partial charge in [0.15, 0.2) is 5.13 Å². The summed E-state index contributed by atoms with van der Waals surface area (Å²) >= 11 is 3.94. The van der Waals surface area contributed by atoms with E-state index >= 15 is 0 Å². The van der Waals surface area contributed by atoms with Crippen LogP contribution >= 0.6 is 23.1 Å². The third kappa shape index (κ3) is 3.26. The Kier molecular flexibility index (Phi) is 4.55. The lowest BCUT2D eigenvalue weighted by atomic mass is 10.0. The maximum Gasteiger partial charge on any atom is 0.186 e. The molecule has 1 unspecified atom stereocenters. The summed E-state index contributed by atoms with van der Waals surface area (Å²) in [4.78, 5) is 7.32. The quantitative estimate of drug-likeness (QED) is 0.926. The first-order chi connectivity index (χ1) is 10.9. The minimum atomic E-state index is 0.633. The van der Waals surface area contributed by atoms with Gasteiger partial charge in [0.2, 0.25) is 0 Å². The number of anilines is 1. The highest BCUT2D eigenvalue weighted by Crippen LogP contribution is 2.30. The predicted octanol–water partition coefficient (Wildman–Crippen LogP) is 3.75. The highest BCUT2D eigenvalue weighted by molar-refractivity contribution is 7.99. The van der Waals surface area contributed by atoms with Crippen molar-refractivity contribution in [3.05, 3.63) is 24.3 Å². The summed E-state index contributed by atoms with van der Waals surface area (Å²) in [6, 6.07) is 9.85. The maximum atomic E-state index is 4.83. The largest absolute Gasteiger partial charge is 0.347 e. The van der Waals surface area contributed by atoms with Crippen LogP contribution in [0.25, 0.3) is 10.2 Å². The summed E-state index contributed by atoms with van der Waals surface area (Å²) in [5, 5.41) is 5.11. The predicted molar refractivity (Wildman–Crippen MR) is 98.3 cm³/mol. The molecule has 0 radical (unpaired) electrons. The van der Waals surface area contributed by atoms with Gasteiger partial charge in [0.1, 0.15) is 0 Å². The second-order valence-electron chi connectivity index (χ2n) is 6.30. The minimum absolute atomic E-state index is 0.633. The zero-order chi connectivity index (χ0) is 14.8. The fourth-order valence-corrected chi connectivity index (χ4v) is 5.59. The summed E-state index contributed by atoms with van der Waals surface area (Å²) in [6.07, 6.45) is 5.25. The number of nitrogens with zero attached hydrogens (tertiary/aromatic N) is 2. The third-order valence-electron chi connectivity index (χ3n) is 4.67. The number of aromatic nitrogens is 1. The van der Waals surface area contributed by atoms with Crippen molar-refractivity contribution in [2.24, 2.45) is 0 Å². The lowest BCUT2D eigenvalue weighted by Crippen LogP contribution is -2.50. The van der Waals surface area contributed by atoms with E-state index in [-0.39, 0.29) is 0 Å². The standard InChI is InChI=1S/C17H23N3S2/c1-2-6-16-15(5-1)19-17(22-16)20-9-3-4-14(12-20)18-13-7-10-21-11-8-13/h1-2,5-6,13-14,18H,3-4,7-12H2. The number of hydrogen-bond acceptors (Lipinski definition) is 5. The van der Waals surface area contributed by atoms with Crippen LogP contribution in [0.1, 0.15) is 25.7 Å². The number of thioether (sulfide) groups is 1. The number of benzene rings is 1. The van der Waals surface area contributed by atoms with Crippen molar-refractivity contribution in [2.75, 3.05) is 29.5 Å². The van der Waals surface area contributed by atoms with Gasteiger partial charge in [-0.2, -0.15) is 11.8 Å². The lowest BCUT2D eigenvalue weighted by molar-refractivity contribution is 0.360. The normalized spacial score (nSPS) is 24.0. The minimum Gasteiger partial charge on any atom is -0.347 e. The summed E-state index contributed by atoms with van der Waals surface area (Å²) in [7, 11) is 0. The number of piperidine rings is 1. The number of hydrogen-bond donors (Lipinski definition) is 1. The van der Waals surface area contributed by atoms with E-state index in [2.05, 4.69) is 46.2 Å². The topological polar surface area (TPSA) is 28.2 Å². The number of nitrogens with one attached hydrogen (secondary N) is 1. The van der Waals surface area contributed by atoms with E-state index in [0.717, 1.165) is 24.6 Å². The maximum absolute atomic E-state index is 4.83.